The number of aliphatic hydroxyl groups is 1. The summed E-state index contributed by atoms with van der Waals surface area (Å²) in [5.41, 5.74) is 2.72. The molecule has 0 aliphatic rings. The van der Waals surface area contributed by atoms with Gasteiger partial charge in [-0.1, -0.05) is 54.6 Å². The van der Waals surface area contributed by atoms with Crippen molar-refractivity contribution >= 4 is 6.09 Å². The van der Waals surface area contributed by atoms with Crippen molar-refractivity contribution < 1.29 is 14.6 Å². The largest absolute Gasteiger partial charge is 0.445 e. The van der Waals surface area contributed by atoms with E-state index in [0.717, 1.165) is 16.7 Å². The fourth-order valence-electron chi connectivity index (χ4n) is 2.02. The second-order valence-corrected chi connectivity index (χ2v) is 4.82. The maximum absolute atomic E-state index is 11.6. The number of amides is 1. The third kappa shape index (κ3) is 4.61. The van der Waals surface area contributed by atoms with Crippen molar-refractivity contribution in [1.29, 1.82) is 0 Å². The fourth-order valence-corrected chi connectivity index (χ4v) is 2.02. The summed E-state index contributed by atoms with van der Waals surface area (Å²) in [7, 11) is 0. The van der Waals surface area contributed by atoms with Crippen molar-refractivity contribution in [2.45, 2.75) is 19.6 Å². The molecular formula is C17H19NO3. The van der Waals surface area contributed by atoms with E-state index in [2.05, 4.69) is 5.32 Å². The van der Waals surface area contributed by atoms with E-state index in [1.54, 1.807) is 0 Å². The normalized spacial score (nSPS) is 11.7. The van der Waals surface area contributed by atoms with E-state index in [-0.39, 0.29) is 13.2 Å². The number of carbonyl (C=O) groups excluding carboxylic acids is 1. The van der Waals surface area contributed by atoms with Gasteiger partial charge in [0.05, 0.1) is 12.6 Å². The number of ether oxygens (including phenoxy) is 1. The molecule has 0 fully saturated rings. The molecule has 0 heterocycles. The van der Waals surface area contributed by atoms with Gasteiger partial charge in [0, 0.05) is 0 Å². The van der Waals surface area contributed by atoms with Crippen LogP contribution in [-0.2, 0) is 11.3 Å². The van der Waals surface area contributed by atoms with Crippen molar-refractivity contribution in [3.63, 3.8) is 0 Å². The van der Waals surface area contributed by atoms with E-state index in [9.17, 15) is 9.90 Å². The average Bonchev–Trinajstić information content (AvgIpc) is 2.52. The third-order valence-corrected chi connectivity index (χ3v) is 3.20. The molecule has 0 saturated heterocycles. The smallest absolute Gasteiger partial charge is 0.407 e. The first-order valence-corrected chi connectivity index (χ1v) is 6.85. The molecule has 0 aliphatic carbocycles. The lowest BCUT2D eigenvalue weighted by Gasteiger charge is -2.14. The Hall–Kier alpha value is -2.33. The van der Waals surface area contributed by atoms with Gasteiger partial charge in [0.25, 0.3) is 0 Å². The van der Waals surface area contributed by atoms with Gasteiger partial charge >= 0.3 is 6.09 Å². The predicted molar refractivity (Wildman–Crippen MR) is 80.8 cm³/mol. The molecule has 0 spiro atoms. The molecule has 2 aromatic carbocycles. The van der Waals surface area contributed by atoms with Crippen LogP contribution in [0.2, 0.25) is 0 Å². The number of hydrogen-bond donors (Lipinski definition) is 2. The Morgan fingerprint density at radius 3 is 2.52 bits per heavy atom. The molecule has 0 saturated carbocycles. The summed E-state index contributed by atoms with van der Waals surface area (Å²) in [4.78, 5) is 11.6. The molecule has 4 heteroatoms. The Morgan fingerprint density at radius 1 is 1.14 bits per heavy atom. The predicted octanol–water partition coefficient (Wildman–Crippen LogP) is 2.95. The molecule has 2 N–H and O–H groups in total. The van der Waals surface area contributed by atoms with Gasteiger partial charge in [-0.05, 0) is 23.6 Å². The van der Waals surface area contributed by atoms with Crippen molar-refractivity contribution in [2.24, 2.45) is 0 Å². The van der Waals surface area contributed by atoms with E-state index in [1.807, 2.05) is 61.5 Å². The van der Waals surface area contributed by atoms with Crippen LogP contribution >= 0.6 is 0 Å². The topological polar surface area (TPSA) is 58.6 Å². The molecule has 0 aromatic heterocycles. The highest BCUT2D eigenvalue weighted by atomic mass is 16.5. The Bertz CT molecular complexity index is 584. The molecule has 110 valence electrons. The number of benzene rings is 2. The molecular weight excluding hydrogens is 266 g/mol. The van der Waals surface area contributed by atoms with Crippen LogP contribution in [-0.4, -0.2) is 17.7 Å². The number of hydrogen-bond acceptors (Lipinski definition) is 3. The summed E-state index contributed by atoms with van der Waals surface area (Å²) in [6.45, 7) is 2.26. The highest BCUT2D eigenvalue weighted by Gasteiger charge is 2.11. The molecule has 4 nitrogen and oxygen atoms in total. The Morgan fingerprint density at radius 2 is 1.81 bits per heavy atom. The van der Waals surface area contributed by atoms with Gasteiger partial charge in [-0.2, -0.15) is 0 Å². The Labute approximate surface area is 124 Å². The minimum atomic E-state index is -0.740. The fraction of sp³-hybridized carbons (Fsp3) is 0.235. The van der Waals surface area contributed by atoms with Gasteiger partial charge in [0.2, 0.25) is 0 Å². The minimum Gasteiger partial charge on any atom is -0.445 e. The standard InChI is InChI=1S/C17H19NO3/c1-13-7-5-6-10-15(13)16(19)11-18-17(20)21-12-14-8-3-2-4-9-14/h2-10,16,19H,11-12H2,1H3,(H,18,20)/t16-/m0/s1. The molecule has 1 amide bonds. The number of rotatable bonds is 5. The quantitative estimate of drug-likeness (QED) is 0.888. The third-order valence-electron chi connectivity index (χ3n) is 3.20. The molecule has 21 heavy (non-hydrogen) atoms. The number of aliphatic hydroxyl groups excluding tert-OH is 1. The number of aryl methyl sites for hydroxylation is 1. The van der Waals surface area contributed by atoms with Crippen molar-refractivity contribution in [2.75, 3.05) is 6.54 Å². The summed E-state index contributed by atoms with van der Waals surface area (Å²) in [6, 6.07) is 17.0. The van der Waals surface area contributed by atoms with Gasteiger partial charge in [-0.25, -0.2) is 4.79 Å². The van der Waals surface area contributed by atoms with Gasteiger partial charge in [0.1, 0.15) is 6.61 Å². The first-order valence-electron chi connectivity index (χ1n) is 6.85. The van der Waals surface area contributed by atoms with Gasteiger partial charge < -0.3 is 15.2 Å². The Kier molecular flexibility index (Phi) is 5.35. The zero-order chi connectivity index (χ0) is 15.1. The van der Waals surface area contributed by atoms with E-state index >= 15 is 0 Å². The van der Waals surface area contributed by atoms with Crippen LogP contribution in [0.3, 0.4) is 0 Å². The van der Waals surface area contributed by atoms with Crippen LogP contribution in [0.25, 0.3) is 0 Å². The molecule has 0 bridgehead atoms. The summed E-state index contributed by atoms with van der Waals surface area (Å²) in [6.07, 6.45) is -1.28. The lowest BCUT2D eigenvalue weighted by atomic mass is 10.0. The minimum absolute atomic E-state index is 0.123. The monoisotopic (exact) mass is 285 g/mol. The first-order chi connectivity index (χ1) is 10.2. The van der Waals surface area contributed by atoms with Crippen LogP contribution in [0.4, 0.5) is 4.79 Å². The zero-order valence-corrected chi connectivity index (χ0v) is 12.0. The van der Waals surface area contributed by atoms with Crippen molar-refractivity contribution in [3.8, 4) is 0 Å². The molecule has 0 aliphatic heterocycles. The van der Waals surface area contributed by atoms with E-state index in [0.29, 0.717) is 0 Å². The summed E-state index contributed by atoms with van der Waals surface area (Å²) < 4.78 is 5.08. The van der Waals surface area contributed by atoms with Crippen LogP contribution < -0.4 is 5.32 Å². The maximum Gasteiger partial charge on any atom is 0.407 e. The first kappa shape index (κ1) is 15.1. The van der Waals surface area contributed by atoms with E-state index in [4.69, 9.17) is 4.74 Å². The molecule has 0 unspecified atom stereocenters. The van der Waals surface area contributed by atoms with E-state index in [1.165, 1.54) is 0 Å². The van der Waals surface area contributed by atoms with Crippen LogP contribution in [0, 0.1) is 6.92 Å². The second-order valence-electron chi connectivity index (χ2n) is 4.82. The highest BCUT2D eigenvalue weighted by molar-refractivity contribution is 5.67. The van der Waals surface area contributed by atoms with Crippen LogP contribution in [0.15, 0.2) is 54.6 Å². The molecule has 1 atom stereocenters. The molecule has 0 radical (unpaired) electrons. The zero-order valence-electron chi connectivity index (χ0n) is 12.0. The lowest BCUT2D eigenvalue weighted by Crippen LogP contribution is -2.29. The van der Waals surface area contributed by atoms with Crippen LogP contribution in [0.5, 0.6) is 0 Å². The average molecular weight is 285 g/mol. The van der Waals surface area contributed by atoms with Crippen molar-refractivity contribution in [3.05, 3.63) is 71.3 Å². The van der Waals surface area contributed by atoms with Gasteiger partial charge in [-0.15, -0.1) is 0 Å². The maximum atomic E-state index is 11.6. The van der Waals surface area contributed by atoms with Gasteiger partial charge in [-0.3, -0.25) is 0 Å². The Balaban J connectivity index is 1.77. The number of nitrogens with one attached hydrogen (secondary N) is 1. The van der Waals surface area contributed by atoms with Gasteiger partial charge in [0.15, 0.2) is 0 Å². The summed E-state index contributed by atoms with van der Waals surface area (Å²) >= 11 is 0. The second kappa shape index (κ2) is 7.45. The summed E-state index contributed by atoms with van der Waals surface area (Å²) in [5, 5.41) is 12.6. The number of alkyl carbamates (subject to hydrolysis) is 1. The molecule has 2 aromatic rings. The van der Waals surface area contributed by atoms with Crippen molar-refractivity contribution in [1.82, 2.24) is 5.32 Å². The number of carbonyl (C=O) groups is 1. The summed E-state index contributed by atoms with van der Waals surface area (Å²) in [5.74, 6) is 0. The van der Waals surface area contributed by atoms with E-state index < -0.39 is 12.2 Å². The van der Waals surface area contributed by atoms with Crippen LogP contribution in [0.1, 0.15) is 22.8 Å². The molecule has 2 rings (SSSR count). The SMILES string of the molecule is Cc1ccccc1[C@@H](O)CNC(=O)OCc1ccccc1. The highest BCUT2D eigenvalue weighted by Crippen LogP contribution is 2.16. The lowest BCUT2D eigenvalue weighted by molar-refractivity contribution is 0.126.